The summed E-state index contributed by atoms with van der Waals surface area (Å²) in [4.78, 5) is 14.5. The smallest absolute Gasteiger partial charge is 0.240 e. The molecule has 0 spiro atoms. The van der Waals surface area contributed by atoms with Gasteiger partial charge < -0.3 is 10.2 Å². The van der Waals surface area contributed by atoms with Gasteiger partial charge in [0.05, 0.1) is 6.04 Å². The third-order valence-electron chi connectivity index (χ3n) is 3.88. The molecule has 2 heterocycles. The fraction of sp³-hybridized carbons (Fsp3) is 0.917. The van der Waals surface area contributed by atoms with E-state index >= 15 is 0 Å². The molecule has 2 saturated heterocycles. The van der Waals surface area contributed by atoms with Crippen molar-refractivity contribution in [3.8, 4) is 0 Å². The molecular formula is C12H22N2OS. The molecule has 0 aromatic heterocycles. The van der Waals surface area contributed by atoms with Crippen LogP contribution in [0.4, 0.5) is 0 Å². The highest BCUT2D eigenvalue weighted by molar-refractivity contribution is 7.99. The molecule has 4 heteroatoms. The topological polar surface area (TPSA) is 32.3 Å². The zero-order valence-electron chi connectivity index (χ0n) is 10.2. The van der Waals surface area contributed by atoms with Crippen LogP contribution in [0, 0.1) is 5.92 Å². The van der Waals surface area contributed by atoms with Crippen molar-refractivity contribution in [1.82, 2.24) is 10.2 Å². The average molecular weight is 242 g/mol. The Morgan fingerprint density at radius 2 is 2.25 bits per heavy atom. The Morgan fingerprint density at radius 3 is 2.94 bits per heavy atom. The molecule has 2 aliphatic heterocycles. The van der Waals surface area contributed by atoms with Gasteiger partial charge in [-0.25, -0.2) is 0 Å². The van der Waals surface area contributed by atoms with Crippen LogP contribution in [0.5, 0.6) is 0 Å². The number of nitrogens with zero attached hydrogens (tertiary/aromatic N) is 1. The number of amides is 1. The first-order chi connectivity index (χ1) is 7.70. The number of thioether (sulfide) groups is 1. The molecular weight excluding hydrogens is 220 g/mol. The molecule has 0 bridgehead atoms. The Kier molecular flexibility index (Phi) is 4.14. The van der Waals surface area contributed by atoms with E-state index in [1.807, 2.05) is 11.8 Å². The van der Waals surface area contributed by atoms with Crippen molar-refractivity contribution in [2.24, 2.45) is 5.92 Å². The molecule has 0 saturated carbocycles. The molecule has 2 aliphatic rings. The molecule has 3 atom stereocenters. The van der Waals surface area contributed by atoms with Crippen LogP contribution in [0.3, 0.4) is 0 Å². The maximum absolute atomic E-state index is 12.4. The highest BCUT2D eigenvalue weighted by Gasteiger charge is 2.32. The first-order valence-corrected chi connectivity index (χ1v) is 7.47. The molecule has 0 aromatic carbocycles. The quantitative estimate of drug-likeness (QED) is 0.753. The molecule has 2 rings (SSSR count). The third kappa shape index (κ3) is 2.54. The number of rotatable bonds is 1. The number of piperidine rings is 1. The van der Waals surface area contributed by atoms with Gasteiger partial charge in [-0.05, 0) is 25.7 Å². The van der Waals surface area contributed by atoms with Gasteiger partial charge in [-0.15, -0.1) is 0 Å². The summed E-state index contributed by atoms with van der Waals surface area (Å²) in [6.07, 6.45) is 2.43. The summed E-state index contributed by atoms with van der Waals surface area (Å²) in [6.45, 7) is 6.37. The summed E-state index contributed by atoms with van der Waals surface area (Å²) in [6, 6.07) is 0.474. The van der Waals surface area contributed by atoms with Crippen molar-refractivity contribution in [1.29, 1.82) is 0 Å². The molecule has 1 amide bonds. The second-order valence-electron chi connectivity index (χ2n) is 4.97. The minimum absolute atomic E-state index is 0.0616. The number of nitrogens with one attached hydrogen (secondary N) is 1. The predicted octanol–water partition coefficient (Wildman–Crippen LogP) is 1.34. The van der Waals surface area contributed by atoms with Gasteiger partial charge >= 0.3 is 0 Å². The van der Waals surface area contributed by atoms with E-state index in [1.54, 1.807) is 0 Å². The minimum Gasteiger partial charge on any atom is -0.338 e. The summed E-state index contributed by atoms with van der Waals surface area (Å²) >= 11 is 1.89. The number of carbonyl (C=O) groups is 1. The van der Waals surface area contributed by atoms with Gasteiger partial charge in [-0.3, -0.25) is 4.79 Å². The molecule has 1 N–H and O–H groups in total. The lowest BCUT2D eigenvalue weighted by molar-refractivity contribution is -0.137. The van der Waals surface area contributed by atoms with Crippen molar-refractivity contribution < 1.29 is 4.79 Å². The van der Waals surface area contributed by atoms with Crippen LogP contribution in [0.15, 0.2) is 0 Å². The van der Waals surface area contributed by atoms with Crippen molar-refractivity contribution in [2.45, 2.75) is 38.8 Å². The average Bonchev–Trinajstić information content (AvgIpc) is 2.33. The van der Waals surface area contributed by atoms with E-state index in [0.29, 0.717) is 17.9 Å². The van der Waals surface area contributed by atoms with Gasteiger partial charge in [0.25, 0.3) is 0 Å². The Bertz CT molecular complexity index is 253. The fourth-order valence-corrected chi connectivity index (χ4v) is 3.50. The van der Waals surface area contributed by atoms with Gasteiger partial charge in [0.2, 0.25) is 5.91 Å². The predicted molar refractivity (Wildman–Crippen MR) is 68.7 cm³/mol. The van der Waals surface area contributed by atoms with Crippen molar-refractivity contribution in [3.05, 3.63) is 0 Å². The number of likely N-dealkylation sites (tertiary alicyclic amines) is 1. The molecule has 3 nitrogen and oxygen atoms in total. The first-order valence-electron chi connectivity index (χ1n) is 6.31. The van der Waals surface area contributed by atoms with E-state index in [1.165, 1.54) is 6.42 Å². The normalized spacial score (nSPS) is 36.1. The van der Waals surface area contributed by atoms with E-state index in [9.17, 15) is 4.79 Å². The molecule has 92 valence electrons. The van der Waals surface area contributed by atoms with E-state index in [-0.39, 0.29) is 6.04 Å². The van der Waals surface area contributed by atoms with Crippen LogP contribution < -0.4 is 5.32 Å². The Hall–Kier alpha value is -0.220. The monoisotopic (exact) mass is 242 g/mol. The van der Waals surface area contributed by atoms with Gasteiger partial charge in [0.15, 0.2) is 0 Å². The van der Waals surface area contributed by atoms with Gasteiger partial charge in [0.1, 0.15) is 0 Å². The molecule has 2 fully saturated rings. The lowest BCUT2D eigenvalue weighted by Crippen LogP contribution is -2.55. The highest BCUT2D eigenvalue weighted by Crippen LogP contribution is 2.24. The van der Waals surface area contributed by atoms with E-state index in [0.717, 1.165) is 31.0 Å². The van der Waals surface area contributed by atoms with Gasteiger partial charge in [0, 0.05) is 30.6 Å². The summed E-state index contributed by atoms with van der Waals surface area (Å²) in [7, 11) is 0. The van der Waals surface area contributed by atoms with Crippen molar-refractivity contribution >= 4 is 17.7 Å². The molecule has 3 unspecified atom stereocenters. The fourth-order valence-electron chi connectivity index (χ4n) is 2.57. The SMILES string of the molecule is CC1CCCN(C(=O)C2CSCCN2)C1C. The van der Waals surface area contributed by atoms with Crippen LogP contribution in [0.25, 0.3) is 0 Å². The largest absolute Gasteiger partial charge is 0.338 e. The van der Waals surface area contributed by atoms with Crippen LogP contribution in [0.1, 0.15) is 26.7 Å². The molecule has 16 heavy (non-hydrogen) atoms. The zero-order chi connectivity index (χ0) is 11.5. The Balaban J connectivity index is 1.96. The second-order valence-corrected chi connectivity index (χ2v) is 6.12. The summed E-state index contributed by atoms with van der Waals surface area (Å²) < 4.78 is 0. The molecule has 0 radical (unpaired) electrons. The second kappa shape index (κ2) is 5.41. The number of hydrogen-bond donors (Lipinski definition) is 1. The van der Waals surface area contributed by atoms with Crippen LogP contribution >= 0.6 is 11.8 Å². The van der Waals surface area contributed by atoms with E-state index in [4.69, 9.17) is 0 Å². The van der Waals surface area contributed by atoms with Crippen molar-refractivity contribution in [3.63, 3.8) is 0 Å². The maximum atomic E-state index is 12.4. The van der Waals surface area contributed by atoms with Crippen LogP contribution in [0.2, 0.25) is 0 Å². The third-order valence-corrected chi connectivity index (χ3v) is 4.94. The summed E-state index contributed by atoms with van der Waals surface area (Å²) in [5.74, 6) is 3.05. The Morgan fingerprint density at radius 1 is 1.44 bits per heavy atom. The summed E-state index contributed by atoms with van der Waals surface area (Å²) in [5.41, 5.74) is 0. The maximum Gasteiger partial charge on any atom is 0.240 e. The minimum atomic E-state index is 0.0616. The molecule has 0 aromatic rings. The van der Waals surface area contributed by atoms with E-state index in [2.05, 4.69) is 24.1 Å². The van der Waals surface area contributed by atoms with Crippen molar-refractivity contribution in [2.75, 3.05) is 24.6 Å². The lowest BCUT2D eigenvalue weighted by atomic mass is 9.91. The summed E-state index contributed by atoms with van der Waals surface area (Å²) in [5, 5.41) is 3.34. The lowest BCUT2D eigenvalue weighted by Gasteiger charge is -2.40. The zero-order valence-corrected chi connectivity index (χ0v) is 11.1. The first kappa shape index (κ1) is 12.2. The van der Waals surface area contributed by atoms with Crippen LogP contribution in [-0.2, 0) is 4.79 Å². The molecule has 0 aliphatic carbocycles. The highest BCUT2D eigenvalue weighted by atomic mass is 32.2. The van der Waals surface area contributed by atoms with Crippen LogP contribution in [-0.4, -0.2) is 47.5 Å². The standard InChI is InChI=1S/C12H22N2OS/c1-9-4-3-6-14(10(9)2)12(15)11-8-16-7-5-13-11/h9-11,13H,3-8H2,1-2H3. The Labute approximate surface area is 102 Å². The van der Waals surface area contributed by atoms with Gasteiger partial charge in [-0.1, -0.05) is 6.92 Å². The number of hydrogen-bond acceptors (Lipinski definition) is 3. The van der Waals surface area contributed by atoms with E-state index < -0.39 is 0 Å². The number of carbonyl (C=O) groups excluding carboxylic acids is 1. The van der Waals surface area contributed by atoms with Gasteiger partial charge in [-0.2, -0.15) is 11.8 Å².